The Kier molecular flexibility index (Phi) is 4.25. The van der Waals surface area contributed by atoms with E-state index in [4.69, 9.17) is 0 Å². The molecular weight excluding hydrogens is 302 g/mol. The summed E-state index contributed by atoms with van der Waals surface area (Å²) in [5, 5.41) is 15.2. The maximum atomic E-state index is 4.07. The Bertz CT molecular complexity index is 481. The zero-order valence-corrected chi connectivity index (χ0v) is 12.1. The predicted molar refractivity (Wildman–Crippen MR) is 71.0 cm³/mol. The minimum absolute atomic E-state index is 0.165. The summed E-state index contributed by atoms with van der Waals surface area (Å²) in [6.45, 7) is 5.75. The largest absolute Gasteiger partial charge is 0.308 e. The summed E-state index contributed by atoms with van der Waals surface area (Å²) in [5.41, 5.74) is 0. The van der Waals surface area contributed by atoms with E-state index in [0.717, 1.165) is 16.2 Å². The molecule has 0 aromatic carbocycles. The molecule has 2 aromatic rings. The molecule has 0 aliphatic rings. The molecule has 0 bridgehead atoms. The summed E-state index contributed by atoms with van der Waals surface area (Å²) in [4.78, 5) is 1.23. The zero-order valence-electron chi connectivity index (χ0n) is 9.72. The Morgan fingerprint density at radius 1 is 1.53 bits per heavy atom. The standard InChI is InChI=1S/C10H14BrN5S/c1-3-12-7(2)10-13-14-15-16(10)6-8-4-5-9(11)17-8/h4-5,7,12H,3,6H2,1-2H3. The average Bonchev–Trinajstić information content (AvgIpc) is 2.89. The van der Waals surface area contributed by atoms with Crippen LogP contribution < -0.4 is 5.32 Å². The van der Waals surface area contributed by atoms with Crippen molar-refractivity contribution in [2.24, 2.45) is 0 Å². The molecular formula is C10H14BrN5S. The summed E-state index contributed by atoms with van der Waals surface area (Å²) in [5.74, 6) is 0.872. The highest BCUT2D eigenvalue weighted by Crippen LogP contribution is 2.23. The molecule has 0 aliphatic carbocycles. The van der Waals surface area contributed by atoms with Gasteiger partial charge in [-0.15, -0.1) is 16.4 Å². The smallest absolute Gasteiger partial charge is 0.168 e. The monoisotopic (exact) mass is 315 g/mol. The van der Waals surface area contributed by atoms with Crippen LogP contribution in [0.15, 0.2) is 15.9 Å². The van der Waals surface area contributed by atoms with Crippen molar-refractivity contribution in [3.8, 4) is 0 Å². The van der Waals surface area contributed by atoms with Crippen LogP contribution >= 0.6 is 27.3 Å². The minimum Gasteiger partial charge on any atom is -0.308 e. The van der Waals surface area contributed by atoms with Gasteiger partial charge in [-0.05, 0) is 52.0 Å². The molecule has 0 saturated carbocycles. The molecule has 0 radical (unpaired) electrons. The maximum Gasteiger partial charge on any atom is 0.168 e. The Hall–Kier alpha value is -0.790. The van der Waals surface area contributed by atoms with Crippen molar-refractivity contribution in [3.05, 3.63) is 26.6 Å². The van der Waals surface area contributed by atoms with Crippen LogP contribution in [0.4, 0.5) is 0 Å². The number of rotatable bonds is 5. The van der Waals surface area contributed by atoms with Gasteiger partial charge in [-0.1, -0.05) is 6.92 Å². The van der Waals surface area contributed by atoms with E-state index < -0.39 is 0 Å². The van der Waals surface area contributed by atoms with Crippen molar-refractivity contribution in [1.82, 2.24) is 25.5 Å². The summed E-state index contributed by atoms with van der Waals surface area (Å²) >= 11 is 5.15. The Morgan fingerprint density at radius 2 is 2.35 bits per heavy atom. The molecule has 1 N–H and O–H groups in total. The zero-order chi connectivity index (χ0) is 12.3. The number of thiophene rings is 1. The Balaban J connectivity index is 2.13. The van der Waals surface area contributed by atoms with Gasteiger partial charge in [0.05, 0.1) is 16.4 Å². The highest BCUT2D eigenvalue weighted by Gasteiger charge is 2.13. The Labute approximate surface area is 112 Å². The fraction of sp³-hybridized carbons (Fsp3) is 0.500. The van der Waals surface area contributed by atoms with Crippen LogP contribution in [0.2, 0.25) is 0 Å². The van der Waals surface area contributed by atoms with Gasteiger partial charge in [-0.3, -0.25) is 0 Å². The van der Waals surface area contributed by atoms with Gasteiger partial charge in [0.2, 0.25) is 0 Å². The van der Waals surface area contributed by atoms with E-state index in [1.165, 1.54) is 4.88 Å². The lowest BCUT2D eigenvalue weighted by Gasteiger charge is -2.11. The van der Waals surface area contributed by atoms with Crippen molar-refractivity contribution in [3.63, 3.8) is 0 Å². The SMILES string of the molecule is CCNC(C)c1nnnn1Cc1ccc(Br)s1. The molecule has 1 atom stereocenters. The molecule has 0 spiro atoms. The molecule has 7 heteroatoms. The van der Waals surface area contributed by atoms with Crippen LogP contribution in [0, 0.1) is 0 Å². The summed E-state index contributed by atoms with van der Waals surface area (Å²) < 4.78 is 2.97. The van der Waals surface area contributed by atoms with E-state index in [0.29, 0.717) is 6.54 Å². The van der Waals surface area contributed by atoms with Crippen molar-refractivity contribution in [2.45, 2.75) is 26.4 Å². The molecule has 2 rings (SSSR count). The summed E-state index contributed by atoms with van der Waals surface area (Å²) in [6, 6.07) is 4.29. The fourth-order valence-electron chi connectivity index (χ4n) is 1.62. The van der Waals surface area contributed by atoms with Crippen LogP contribution in [0.5, 0.6) is 0 Å². The first kappa shape index (κ1) is 12.7. The van der Waals surface area contributed by atoms with Crippen LogP contribution in [-0.2, 0) is 6.54 Å². The van der Waals surface area contributed by atoms with Gasteiger partial charge in [0.25, 0.3) is 0 Å². The summed E-state index contributed by atoms with van der Waals surface area (Å²) in [7, 11) is 0. The summed E-state index contributed by atoms with van der Waals surface area (Å²) in [6.07, 6.45) is 0. The van der Waals surface area contributed by atoms with Gasteiger partial charge in [0.1, 0.15) is 0 Å². The Morgan fingerprint density at radius 3 is 3.00 bits per heavy atom. The quantitative estimate of drug-likeness (QED) is 0.919. The number of aromatic nitrogens is 4. The number of halogens is 1. The van der Waals surface area contributed by atoms with E-state index in [-0.39, 0.29) is 6.04 Å². The second kappa shape index (κ2) is 5.70. The lowest BCUT2D eigenvalue weighted by molar-refractivity contribution is 0.518. The maximum absolute atomic E-state index is 4.07. The van der Waals surface area contributed by atoms with E-state index in [1.54, 1.807) is 11.3 Å². The molecule has 0 amide bonds. The van der Waals surface area contributed by atoms with Crippen molar-refractivity contribution in [1.29, 1.82) is 0 Å². The van der Waals surface area contributed by atoms with Gasteiger partial charge in [-0.2, -0.15) is 0 Å². The third kappa shape index (κ3) is 3.11. The molecule has 5 nitrogen and oxygen atoms in total. The predicted octanol–water partition coefficient (Wildman–Crippen LogP) is 2.22. The first-order valence-corrected chi connectivity index (χ1v) is 7.05. The third-order valence-electron chi connectivity index (χ3n) is 2.39. The van der Waals surface area contributed by atoms with Gasteiger partial charge < -0.3 is 5.32 Å². The van der Waals surface area contributed by atoms with Crippen LogP contribution in [-0.4, -0.2) is 26.8 Å². The second-order valence-electron chi connectivity index (χ2n) is 3.68. The molecule has 1 unspecified atom stereocenters. The number of nitrogens with one attached hydrogen (secondary N) is 1. The van der Waals surface area contributed by atoms with Crippen LogP contribution in [0.3, 0.4) is 0 Å². The highest BCUT2D eigenvalue weighted by molar-refractivity contribution is 9.11. The van der Waals surface area contributed by atoms with Gasteiger partial charge in [0, 0.05) is 4.88 Å². The molecule has 2 heterocycles. The molecule has 0 aliphatic heterocycles. The number of nitrogens with zero attached hydrogens (tertiary/aromatic N) is 4. The average molecular weight is 316 g/mol. The lowest BCUT2D eigenvalue weighted by Crippen LogP contribution is -2.22. The van der Waals surface area contributed by atoms with E-state index in [1.807, 2.05) is 10.7 Å². The number of hydrogen-bond donors (Lipinski definition) is 1. The molecule has 92 valence electrons. The molecule has 17 heavy (non-hydrogen) atoms. The van der Waals surface area contributed by atoms with Crippen LogP contribution in [0.1, 0.15) is 30.6 Å². The molecule has 2 aromatic heterocycles. The first-order valence-electron chi connectivity index (χ1n) is 5.44. The van der Waals surface area contributed by atoms with Crippen molar-refractivity contribution in [2.75, 3.05) is 6.54 Å². The van der Waals surface area contributed by atoms with Gasteiger partial charge in [0.15, 0.2) is 5.82 Å². The van der Waals surface area contributed by atoms with Gasteiger partial charge in [-0.25, -0.2) is 4.68 Å². The second-order valence-corrected chi connectivity index (χ2v) is 6.23. The minimum atomic E-state index is 0.165. The molecule has 0 saturated heterocycles. The van der Waals surface area contributed by atoms with Crippen molar-refractivity contribution >= 4 is 27.3 Å². The van der Waals surface area contributed by atoms with E-state index in [2.05, 4.69) is 56.7 Å². The normalized spacial score (nSPS) is 12.9. The number of tetrazole rings is 1. The van der Waals surface area contributed by atoms with Gasteiger partial charge >= 0.3 is 0 Å². The number of hydrogen-bond acceptors (Lipinski definition) is 5. The highest BCUT2D eigenvalue weighted by atomic mass is 79.9. The first-order chi connectivity index (χ1) is 8.20. The van der Waals surface area contributed by atoms with Crippen molar-refractivity contribution < 1.29 is 0 Å². The van der Waals surface area contributed by atoms with E-state index >= 15 is 0 Å². The lowest BCUT2D eigenvalue weighted by atomic mass is 10.3. The van der Waals surface area contributed by atoms with Crippen LogP contribution in [0.25, 0.3) is 0 Å². The topological polar surface area (TPSA) is 55.6 Å². The van der Waals surface area contributed by atoms with E-state index in [9.17, 15) is 0 Å². The third-order valence-corrected chi connectivity index (χ3v) is 4.00. The molecule has 0 fully saturated rings. The fourth-order valence-corrected chi connectivity index (χ4v) is 3.08.